The van der Waals surface area contributed by atoms with E-state index < -0.39 is 6.04 Å². The Bertz CT molecular complexity index is 637. The smallest absolute Gasteiger partial charge is 0.243 e. The van der Waals surface area contributed by atoms with Crippen molar-refractivity contribution < 1.29 is 39.9 Å². The van der Waals surface area contributed by atoms with Gasteiger partial charge in [0.05, 0.1) is 13.7 Å². The summed E-state index contributed by atoms with van der Waals surface area (Å²) in [5.74, 6) is 1.22. The van der Waals surface area contributed by atoms with Gasteiger partial charge in [-0.1, -0.05) is 26.0 Å². The number of hydrogen-bond donors (Lipinski definition) is 4. The number of thiol groups is 2. The van der Waals surface area contributed by atoms with Gasteiger partial charge in [0.1, 0.15) is 11.8 Å². The third kappa shape index (κ3) is 13.0. The van der Waals surface area contributed by atoms with Crippen molar-refractivity contribution in [3.05, 3.63) is 29.8 Å². The molecular weight excluding hydrogens is 535 g/mol. The summed E-state index contributed by atoms with van der Waals surface area (Å²) in [4.78, 5) is 29.4. The minimum absolute atomic E-state index is 0. The Morgan fingerprint density at radius 1 is 1.03 bits per heavy atom. The SMILES string of the molecule is CCN(CC)CCN(CCS)CC(=O)N[C@@H](CS)C(=O)NCc1ccc(OC)cc1.[99Tc].[O-2]. The summed E-state index contributed by atoms with van der Waals surface area (Å²) < 4.78 is 5.13. The number of ether oxygens (including phenoxy) is 1. The van der Waals surface area contributed by atoms with E-state index in [0.717, 1.165) is 37.5 Å². The van der Waals surface area contributed by atoms with Crippen molar-refractivity contribution >= 4 is 37.1 Å². The molecule has 0 bridgehead atoms. The first-order valence-electron chi connectivity index (χ1n) is 10.3. The molecule has 32 heavy (non-hydrogen) atoms. The van der Waals surface area contributed by atoms with Crippen LogP contribution in [0.2, 0.25) is 0 Å². The Balaban J connectivity index is 0. The van der Waals surface area contributed by atoms with Crippen molar-refractivity contribution in [2.75, 3.05) is 57.9 Å². The number of nitrogens with zero attached hydrogens (tertiary/aromatic N) is 2. The Kier molecular flexibility index (Phi) is 20.5. The van der Waals surface area contributed by atoms with E-state index in [1.807, 2.05) is 24.3 Å². The molecule has 11 heteroatoms. The van der Waals surface area contributed by atoms with Crippen LogP contribution in [0.5, 0.6) is 5.75 Å². The van der Waals surface area contributed by atoms with Crippen LogP contribution in [0.1, 0.15) is 19.4 Å². The summed E-state index contributed by atoms with van der Waals surface area (Å²) in [7, 11) is 1.61. The van der Waals surface area contributed by atoms with Gasteiger partial charge in [0.25, 0.3) is 0 Å². The molecule has 8 nitrogen and oxygen atoms in total. The number of hydrogen-bond acceptors (Lipinski definition) is 7. The molecule has 2 amide bonds. The fraction of sp³-hybridized carbons (Fsp3) is 0.619. The van der Waals surface area contributed by atoms with Gasteiger partial charge in [0.2, 0.25) is 11.8 Å². The van der Waals surface area contributed by atoms with Crippen LogP contribution in [0, 0.1) is 0 Å². The molecule has 0 aromatic heterocycles. The molecule has 0 aliphatic rings. The summed E-state index contributed by atoms with van der Waals surface area (Å²) >= 11 is 8.53. The quantitative estimate of drug-likeness (QED) is 0.237. The Hall–Kier alpha value is -0.811. The van der Waals surface area contributed by atoms with E-state index in [2.05, 4.69) is 59.5 Å². The second-order valence-corrected chi connectivity index (χ2v) is 7.71. The summed E-state index contributed by atoms with van der Waals surface area (Å²) in [5, 5.41) is 5.65. The predicted octanol–water partition coefficient (Wildman–Crippen LogP) is 1.18. The molecule has 1 aromatic carbocycles. The third-order valence-corrected chi connectivity index (χ3v) is 5.44. The van der Waals surface area contributed by atoms with Gasteiger partial charge in [-0.05, 0) is 30.8 Å². The van der Waals surface area contributed by atoms with Crippen molar-refractivity contribution in [3.8, 4) is 5.75 Å². The number of likely N-dealkylation sites (N-methyl/N-ethyl adjacent to an activating group) is 1. The van der Waals surface area contributed by atoms with Gasteiger partial charge in [-0.15, -0.1) is 0 Å². The van der Waals surface area contributed by atoms with E-state index in [0.29, 0.717) is 18.8 Å². The maximum absolute atomic E-state index is 12.5. The van der Waals surface area contributed by atoms with E-state index in [1.54, 1.807) is 7.11 Å². The van der Waals surface area contributed by atoms with Gasteiger partial charge < -0.3 is 25.7 Å². The van der Waals surface area contributed by atoms with E-state index in [9.17, 15) is 9.59 Å². The van der Waals surface area contributed by atoms with Crippen LogP contribution in [0.4, 0.5) is 0 Å². The molecular formula is C21H36N4O4S2Tc-2. The first-order valence-corrected chi connectivity index (χ1v) is 11.6. The molecule has 0 fully saturated rings. The molecule has 1 atom stereocenters. The summed E-state index contributed by atoms with van der Waals surface area (Å²) in [6.07, 6.45) is 0. The van der Waals surface area contributed by atoms with Gasteiger partial charge in [-0.2, -0.15) is 25.3 Å². The largest absolute Gasteiger partial charge is 2.00 e. The second kappa shape index (κ2) is 19.6. The van der Waals surface area contributed by atoms with Crippen LogP contribution in [0.25, 0.3) is 0 Å². The number of methoxy groups -OCH3 is 1. The molecule has 1 aromatic rings. The number of benzene rings is 1. The Morgan fingerprint density at radius 3 is 2.12 bits per heavy atom. The van der Waals surface area contributed by atoms with Gasteiger partial charge in [0.15, 0.2) is 0 Å². The van der Waals surface area contributed by atoms with E-state index in [-0.39, 0.29) is 49.7 Å². The molecule has 0 saturated heterocycles. The summed E-state index contributed by atoms with van der Waals surface area (Å²) in [6, 6.07) is 6.78. The van der Waals surface area contributed by atoms with Crippen molar-refractivity contribution in [2.24, 2.45) is 0 Å². The van der Waals surface area contributed by atoms with Crippen LogP contribution in [-0.4, -0.2) is 85.5 Å². The number of carbonyl (C=O) groups is 2. The number of rotatable bonds is 15. The molecule has 0 saturated carbocycles. The molecule has 0 unspecified atom stereocenters. The molecule has 1 rings (SSSR count). The first kappa shape index (κ1) is 33.4. The van der Waals surface area contributed by atoms with E-state index in [4.69, 9.17) is 4.74 Å². The average Bonchev–Trinajstić information content (AvgIpc) is 2.76. The summed E-state index contributed by atoms with van der Waals surface area (Å²) in [6.45, 7) is 9.21. The maximum Gasteiger partial charge on any atom is 0.243 e. The topological polar surface area (TPSA) is 102 Å². The van der Waals surface area contributed by atoms with Gasteiger partial charge in [-0.25, -0.2) is 0 Å². The molecule has 1 radical (unpaired) electrons. The number of carbonyl (C=O) groups excluding carboxylic acids is 2. The van der Waals surface area contributed by atoms with Gasteiger partial charge in [0, 0.05) is 57.8 Å². The molecule has 0 aliphatic carbocycles. The van der Waals surface area contributed by atoms with Crippen LogP contribution in [0.3, 0.4) is 0 Å². The van der Waals surface area contributed by atoms with Crippen molar-refractivity contribution in [3.63, 3.8) is 0 Å². The van der Waals surface area contributed by atoms with Crippen molar-refractivity contribution in [1.82, 2.24) is 20.4 Å². The average molecular weight is 572 g/mol. The van der Waals surface area contributed by atoms with Crippen LogP contribution in [0.15, 0.2) is 24.3 Å². The van der Waals surface area contributed by atoms with Gasteiger partial charge >= 0.3 is 0 Å². The Morgan fingerprint density at radius 2 is 1.62 bits per heavy atom. The van der Waals surface area contributed by atoms with Gasteiger partial charge in [-0.3, -0.25) is 14.5 Å². The number of nitrogens with one attached hydrogen (secondary N) is 2. The fourth-order valence-corrected chi connectivity index (χ4v) is 3.47. The molecule has 2 N–H and O–H groups in total. The molecule has 0 aliphatic heterocycles. The van der Waals surface area contributed by atoms with Crippen LogP contribution < -0.4 is 15.4 Å². The fourth-order valence-electron chi connectivity index (χ4n) is 2.93. The van der Waals surface area contributed by atoms with E-state index >= 15 is 0 Å². The normalized spacial score (nSPS) is 11.3. The first-order chi connectivity index (χ1) is 14.5. The van der Waals surface area contributed by atoms with E-state index in [1.165, 1.54) is 0 Å². The monoisotopic (exact) mass is 571 g/mol. The second-order valence-electron chi connectivity index (χ2n) is 6.90. The summed E-state index contributed by atoms with van der Waals surface area (Å²) in [5.41, 5.74) is 0.949. The van der Waals surface area contributed by atoms with Crippen LogP contribution >= 0.6 is 25.3 Å². The minimum Gasteiger partial charge on any atom is -2.00 e. The van der Waals surface area contributed by atoms with Crippen LogP contribution in [-0.2, 0) is 41.7 Å². The maximum atomic E-state index is 12.5. The molecule has 0 heterocycles. The minimum atomic E-state index is -0.681. The zero-order valence-electron chi connectivity index (χ0n) is 19.1. The Labute approximate surface area is 216 Å². The van der Waals surface area contributed by atoms with Crippen molar-refractivity contribution in [2.45, 2.75) is 26.4 Å². The standard InChI is InChI=1S/C21H36N4O3S2.O.Tc/c1-4-24(5-2)10-11-25(12-13-29)15-20(26)23-19(16-30)21(27)22-14-17-6-8-18(28-3)9-7-17;;/h6-9,19,29-30H,4-5,10-16H2,1-3H3,(H,22,27)(H,23,26);;/q;-2;/t19-;;/m0../s1/i;;1+1. The third-order valence-electron chi connectivity index (χ3n) is 4.87. The molecule has 185 valence electrons. The zero-order valence-corrected chi connectivity index (χ0v) is 22.7. The zero-order chi connectivity index (χ0) is 22.4. The molecule has 0 spiro atoms. The van der Waals surface area contributed by atoms with Crippen molar-refractivity contribution in [1.29, 1.82) is 0 Å². The predicted molar refractivity (Wildman–Crippen MR) is 129 cm³/mol. The number of amides is 2.